The van der Waals surface area contributed by atoms with Crippen molar-refractivity contribution in [1.82, 2.24) is 0 Å². The summed E-state index contributed by atoms with van der Waals surface area (Å²) >= 11 is 0. The molecule has 0 aromatic carbocycles. The Morgan fingerprint density at radius 1 is 1.23 bits per heavy atom. The van der Waals surface area contributed by atoms with Gasteiger partial charge in [0.25, 0.3) is 0 Å². The lowest BCUT2D eigenvalue weighted by Crippen LogP contribution is -1.96. The lowest BCUT2D eigenvalue weighted by Gasteiger charge is -2.00. The van der Waals surface area contributed by atoms with Gasteiger partial charge in [-0.2, -0.15) is 0 Å². The second-order valence-electron chi connectivity index (χ2n) is 3.04. The van der Waals surface area contributed by atoms with Gasteiger partial charge in [-0.15, -0.1) is 0 Å². The molecule has 0 atom stereocenters. The van der Waals surface area contributed by atoms with Crippen LogP contribution in [-0.4, -0.2) is 5.71 Å². The van der Waals surface area contributed by atoms with Gasteiger partial charge in [0.2, 0.25) is 0 Å². The van der Waals surface area contributed by atoms with Crippen LogP contribution >= 0.6 is 0 Å². The van der Waals surface area contributed by atoms with Gasteiger partial charge in [-0.25, -0.2) is 4.99 Å². The smallest absolute Gasteiger partial charge is 0.116 e. The summed E-state index contributed by atoms with van der Waals surface area (Å²) in [6.07, 6.45) is 4.06. The van der Waals surface area contributed by atoms with Gasteiger partial charge in [0.1, 0.15) is 5.82 Å². The van der Waals surface area contributed by atoms with E-state index in [9.17, 15) is 0 Å². The number of hydrogen-bond donors (Lipinski definition) is 1. The van der Waals surface area contributed by atoms with Crippen LogP contribution in [0.1, 0.15) is 27.7 Å². The Morgan fingerprint density at radius 2 is 1.77 bits per heavy atom. The van der Waals surface area contributed by atoms with Crippen molar-refractivity contribution in [2.75, 3.05) is 0 Å². The normalized spacial score (nSPS) is 14.6. The van der Waals surface area contributed by atoms with Crippen molar-refractivity contribution in [3.63, 3.8) is 0 Å². The molecule has 0 aliphatic heterocycles. The molecule has 0 bridgehead atoms. The number of allylic oxidation sites excluding steroid dienone is 4. The highest BCUT2D eigenvalue weighted by atomic mass is 14.9. The van der Waals surface area contributed by atoms with Gasteiger partial charge >= 0.3 is 0 Å². The average molecular weight is 178 g/mol. The minimum Gasteiger partial charge on any atom is -0.384 e. The number of aliphatic imine (C=N–C) groups is 1. The molecule has 0 aromatic heterocycles. The van der Waals surface area contributed by atoms with E-state index in [2.05, 4.69) is 24.6 Å². The van der Waals surface area contributed by atoms with E-state index >= 15 is 0 Å². The molecule has 72 valence electrons. The molecule has 0 heterocycles. The molecular weight excluding hydrogens is 160 g/mol. The Kier molecular flexibility index (Phi) is 4.82. The molecule has 2 heteroatoms. The van der Waals surface area contributed by atoms with Crippen molar-refractivity contribution >= 4 is 5.71 Å². The lowest BCUT2D eigenvalue weighted by molar-refractivity contribution is 1.25. The zero-order valence-corrected chi connectivity index (χ0v) is 8.89. The van der Waals surface area contributed by atoms with E-state index in [0.717, 1.165) is 5.71 Å². The van der Waals surface area contributed by atoms with E-state index in [-0.39, 0.29) is 0 Å². The third kappa shape index (κ3) is 5.01. The van der Waals surface area contributed by atoms with Gasteiger partial charge in [0.05, 0.1) is 0 Å². The lowest BCUT2D eigenvalue weighted by atomic mass is 10.1. The third-order valence-electron chi connectivity index (χ3n) is 1.80. The zero-order valence-electron chi connectivity index (χ0n) is 8.89. The van der Waals surface area contributed by atoms with Gasteiger partial charge in [-0.3, -0.25) is 0 Å². The first-order valence-electron chi connectivity index (χ1n) is 4.28. The quantitative estimate of drug-likeness (QED) is 0.523. The fourth-order valence-corrected chi connectivity index (χ4v) is 0.914. The average Bonchev–Trinajstić information content (AvgIpc) is 2.01. The standard InChI is InChI=1S/C11H18N2/c1-6-8(2)9(3)7-10(4)13-11(5)12/h6-7H,5,12H2,1-4H3/b8-6-,9-7-,13-10+. The monoisotopic (exact) mass is 178 g/mol. The SMILES string of the molecule is C=C(N)/N=C(C)/C=C(C)\C(C)=C/C. The van der Waals surface area contributed by atoms with E-state index in [1.807, 2.05) is 26.8 Å². The highest BCUT2D eigenvalue weighted by Gasteiger charge is 1.92. The maximum atomic E-state index is 5.35. The minimum atomic E-state index is 0.347. The summed E-state index contributed by atoms with van der Waals surface area (Å²) in [5.41, 5.74) is 8.68. The molecule has 2 N–H and O–H groups in total. The number of nitrogens with two attached hydrogens (primary N) is 1. The van der Waals surface area contributed by atoms with E-state index < -0.39 is 0 Å². The first-order chi connectivity index (χ1) is 5.97. The van der Waals surface area contributed by atoms with Crippen LogP contribution in [0.3, 0.4) is 0 Å². The van der Waals surface area contributed by atoms with Gasteiger partial charge in [-0.05, 0) is 39.3 Å². The molecule has 0 aromatic rings. The van der Waals surface area contributed by atoms with Crippen molar-refractivity contribution in [2.45, 2.75) is 27.7 Å². The highest BCUT2D eigenvalue weighted by Crippen LogP contribution is 2.07. The first-order valence-corrected chi connectivity index (χ1v) is 4.28. The van der Waals surface area contributed by atoms with Crippen LogP contribution in [0.2, 0.25) is 0 Å². The Labute approximate surface area is 80.6 Å². The second-order valence-corrected chi connectivity index (χ2v) is 3.04. The molecule has 0 radical (unpaired) electrons. The fourth-order valence-electron chi connectivity index (χ4n) is 0.914. The minimum absolute atomic E-state index is 0.347. The fraction of sp³-hybridized carbons (Fsp3) is 0.364. The molecule has 0 unspecified atom stereocenters. The van der Waals surface area contributed by atoms with Gasteiger partial charge in [0.15, 0.2) is 0 Å². The van der Waals surface area contributed by atoms with Crippen LogP contribution in [-0.2, 0) is 0 Å². The summed E-state index contributed by atoms with van der Waals surface area (Å²) < 4.78 is 0. The van der Waals surface area contributed by atoms with Crippen LogP contribution in [0.4, 0.5) is 0 Å². The summed E-state index contributed by atoms with van der Waals surface area (Å²) in [7, 11) is 0. The molecule has 0 rings (SSSR count). The van der Waals surface area contributed by atoms with Crippen molar-refractivity contribution in [3.8, 4) is 0 Å². The summed E-state index contributed by atoms with van der Waals surface area (Å²) in [6.45, 7) is 11.6. The molecule has 0 spiro atoms. The highest BCUT2D eigenvalue weighted by molar-refractivity contribution is 5.94. The van der Waals surface area contributed by atoms with Crippen molar-refractivity contribution < 1.29 is 0 Å². The topological polar surface area (TPSA) is 38.4 Å². The molecule has 2 nitrogen and oxygen atoms in total. The Morgan fingerprint density at radius 3 is 2.15 bits per heavy atom. The largest absolute Gasteiger partial charge is 0.384 e. The number of hydrogen-bond acceptors (Lipinski definition) is 2. The number of nitrogens with zero attached hydrogens (tertiary/aromatic N) is 1. The van der Waals surface area contributed by atoms with Gasteiger partial charge < -0.3 is 5.73 Å². The van der Waals surface area contributed by atoms with Crippen molar-refractivity contribution in [2.24, 2.45) is 10.7 Å². The maximum absolute atomic E-state index is 5.35. The second kappa shape index (κ2) is 5.36. The zero-order chi connectivity index (χ0) is 10.4. The van der Waals surface area contributed by atoms with Crippen LogP contribution in [0.5, 0.6) is 0 Å². The molecular formula is C11H18N2. The van der Waals surface area contributed by atoms with E-state index in [4.69, 9.17) is 5.73 Å². The predicted molar refractivity (Wildman–Crippen MR) is 59.6 cm³/mol. The first kappa shape index (κ1) is 11.7. The van der Waals surface area contributed by atoms with Gasteiger partial charge in [0, 0.05) is 5.71 Å². The van der Waals surface area contributed by atoms with Gasteiger partial charge in [-0.1, -0.05) is 18.2 Å². The summed E-state index contributed by atoms with van der Waals surface area (Å²) in [4.78, 5) is 4.03. The molecule has 0 saturated heterocycles. The van der Waals surface area contributed by atoms with Crippen LogP contribution in [0.15, 0.2) is 40.7 Å². The predicted octanol–water partition coefficient (Wildman–Crippen LogP) is 2.79. The Hall–Kier alpha value is -1.31. The van der Waals surface area contributed by atoms with Crippen LogP contribution < -0.4 is 5.73 Å². The summed E-state index contributed by atoms with van der Waals surface area (Å²) in [5.74, 6) is 0.347. The van der Waals surface area contributed by atoms with E-state index in [0.29, 0.717) is 5.82 Å². The summed E-state index contributed by atoms with van der Waals surface area (Å²) in [5, 5.41) is 0. The molecule has 0 saturated carbocycles. The third-order valence-corrected chi connectivity index (χ3v) is 1.80. The van der Waals surface area contributed by atoms with E-state index in [1.54, 1.807) is 0 Å². The van der Waals surface area contributed by atoms with Crippen molar-refractivity contribution in [1.29, 1.82) is 0 Å². The molecule has 0 amide bonds. The molecule has 0 aliphatic rings. The molecule has 13 heavy (non-hydrogen) atoms. The van der Waals surface area contributed by atoms with Crippen LogP contribution in [0, 0.1) is 0 Å². The van der Waals surface area contributed by atoms with E-state index in [1.165, 1.54) is 11.1 Å². The van der Waals surface area contributed by atoms with Crippen molar-refractivity contribution in [3.05, 3.63) is 35.7 Å². The summed E-state index contributed by atoms with van der Waals surface area (Å²) in [6, 6.07) is 0. The van der Waals surface area contributed by atoms with Crippen LogP contribution in [0.25, 0.3) is 0 Å². The number of rotatable bonds is 3. The molecule has 0 fully saturated rings. The Balaban J connectivity index is 4.66. The molecule has 0 aliphatic carbocycles. The Bertz CT molecular complexity index is 280. The maximum Gasteiger partial charge on any atom is 0.116 e.